The summed E-state index contributed by atoms with van der Waals surface area (Å²) in [4.78, 5) is 15.9. The van der Waals surface area contributed by atoms with Crippen molar-refractivity contribution in [2.45, 2.75) is 33.1 Å². The number of ketones is 1. The molecule has 1 unspecified atom stereocenters. The third-order valence-corrected chi connectivity index (χ3v) is 2.22. The van der Waals surface area contributed by atoms with Crippen LogP contribution in [-0.4, -0.2) is 10.8 Å². The number of aromatic nitrogens is 1. The van der Waals surface area contributed by atoms with Gasteiger partial charge in [-0.2, -0.15) is 0 Å². The molecule has 0 spiro atoms. The number of rotatable bonds is 4. The Kier molecular flexibility index (Phi) is 3.81. The molecule has 1 atom stereocenters. The van der Waals surface area contributed by atoms with Crippen LogP contribution in [-0.2, 0) is 4.79 Å². The van der Waals surface area contributed by atoms with E-state index in [-0.39, 0.29) is 11.7 Å². The summed E-state index contributed by atoms with van der Waals surface area (Å²) >= 11 is 0. The first-order chi connectivity index (χ1) is 6.61. The Labute approximate surface area is 85.4 Å². The lowest BCUT2D eigenvalue weighted by Crippen LogP contribution is -2.12. The van der Waals surface area contributed by atoms with Gasteiger partial charge in [-0.3, -0.25) is 9.78 Å². The summed E-state index contributed by atoms with van der Waals surface area (Å²) in [5, 5.41) is 0. The van der Waals surface area contributed by atoms with Crippen LogP contribution >= 0.6 is 0 Å². The predicted octanol–water partition coefficient (Wildman–Crippen LogP) is 2.80. The minimum atomic E-state index is -0.0707. The largest absolute Gasteiger partial charge is 0.299 e. The molecule has 76 valence electrons. The van der Waals surface area contributed by atoms with Crippen molar-refractivity contribution in [3.63, 3.8) is 0 Å². The number of hydrogen-bond acceptors (Lipinski definition) is 2. The molecule has 1 aromatic rings. The van der Waals surface area contributed by atoms with Gasteiger partial charge in [0.1, 0.15) is 5.78 Å². The second-order valence-electron chi connectivity index (χ2n) is 4.04. The molecule has 0 bridgehead atoms. The van der Waals surface area contributed by atoms with Gasteiger partial charge in [0.25, 0.3) is 0 Å². The van der Waals surface area contributed by atoms with Crippen molar-refractivity contribution in [2.75, 3.05) is 0 Å². The molecular formula is C12H17NO. The van der Waals surface area contributed by atoms with Crippen molar-refractivity contribution in [2.24, 2.45) is 5.92 Å². The fourth-order valence-electron chi connectivity index (χ4n) is 1.38. The van der Waals surface area contributed by atoms with Crippen LogP contribution in [0.3, 0.4) is 0 Å². The summed E-state index contributed by atoms with van der Waals surface area (Å²) in [5.74, 6) is 0.631. The van der Waals surface area contributed by atoms with E-state index in [2.05, 4.69) is 18.8 Å². The monoisotopic (exact) mass is 191 g/mol. The Morgan fingerprint density at radius 3 is 2.57 bits per heavy atom. The second kappa shape index (κ2) is 4.89. The van der Waals surface area contributed by atoms with Crippen LogP contribution in [0.1, 0.15) is 38.8 Å². The van der Waals surface area contributed by atoms with Gasteiger partial charge in [-0.1, -0.05) is 19.9 Å². The van der Waals surface area contributed by atoms with E-state index >= 15 is 0 Å². The van der Waals surface area contributed by atoms with Gasteiger partial charge in [0.15, 0.2) is 0 Å². The smallest absolute Gasteiger partial charge is 0.141 e. The minimum absolute atomic E-state index is 0.0707. The molecule has 0 amide bonds. The van der Waals surface area contributed by atoms with E-state index in [9.17, 15) is 4.79 Å². The zero-order valence-corrected chi connectivity index (χ0v) is 9.03. The molecule has 0 fully saturated rings. The number of pyridine rings is 1. The maximum Gasteiger partial charge on any atom is 0.141 e. The minimum Gasteiger partial charge on any atom is -0.299 e. The normalized spacial score (nSPS) is 12.9. The van der Waals surface area contributed by atoms with E-state index in [0.29, 0.717) is 12.3 Å². The predicted molar refractivity (Wildman–Crippen MR) is 57.1 cm³/mol. The highest BCUT2D eigenvalue weighted by atomic mass is 16.1. The average Bonchev–Trinajstić information content (AvgIpc) is 2.17. The third kappa shape index (κ3) is 2.95. The van der Waals surface area contributed by atoms with Crippen LogP contribution in [0.5, 0.6) is 0 Å². The van der Waals surface area contributed by atoms with Gasteiger partial charge >= 0.3 is 0 Å². The summed E-state index contributed by atoms with van der Waals surface area (Å²) in [6, 6.07) is 5.69. The molecule has 0 radical (unpaired) electrons. The molecule has 0 saturated carbocycles. The Bertz CT molecular complexity index is 292. The maximum absolute atomic E-state index is 11.7. The molecule has 0 aliphatic heterocycles. The maximum atomic E-state index is 11.7. The third-order valence-electron chi connectivity index (χ3n) is 2.22. The quantitative estimate of drug-likeness (QED) is 0.732. The fraction of sp³-hybridized carbons (Fsp3) is 0.500. The van der Waals surface area contributed by atoms with E-state index < -0.39 is 0 Å². The van der Waals surface area contributed by atoms with Crippen LogP contribution in [0.15, 0.2) is 24.4 Å². The number of hydrogen-bond donors (Lipinski definition) is 0. The van der Waals surface area contributed by atoms with E-state index in [0.717, 1.165) is 5.69 Å². The van der Waals surface area contributed by atoms with Gasteiger partial charge in [-0.25, -0.2) is 0 Å². The molecule has 1 rings (SSSR count). The lowest BCUT2D eigenvalue weighted by Gasteiger charge is -2.10. The molecule has 1 heterocycles. The van der Waals surface area contributed by atoms with Gasteiger partial charge in [-0.05, 0) is 25.0 Å². The summed E-state index contributed by atoms with van der Waals surface area (Å²) in [5.41, 5.74) is 0.873. The number of nitrogens with zero attached hydrogens (tertiary/aromatic N) is 1. The van der Waals surface area contributed by atoms with Crippen LogP contribution in [0, 0.1) is 5.92 Å². The fourth-order valence-corrected chi connectivity index (χ4v) is 1.38. The van der Waals surface area contributed by atoms with Crippen molar-refractivity contribution in [1.29, 1.82) is 0 Å². The first kappa shape index (κ1) is 10.9. The number of Topliss-reactive ketones (excluding diaryl/α,β-unsaturated/α-hetero) is 1. The standard InChI is InChI=1S/C12H17NO/c1-9(2)8-12(14)10(3)11-6-4-5-7-13-11/h4-7,9-10H,8H2,1-3H3. The van der Waals surface area contributed by atoms with Crippen molar-refractivity contribution < 1.29 is 4.79 Å². The molecule has 0 aliphatic carbocycles. The summed E-state index contributed by atoms with van der Waals surface area (Å²) in [7, 11) is 0. The van der Waals surface area contributed by atoms with E-state index in [1.54, 1.807) is 6.20 Å². The zero-order valence-electron chi connectivity index (χ0n) is 9.03. The van der Waals surface area contributed by atoms with Gasteiger partial charge in [-0.15, -0.1) is 0 Å². The summed E-state index contributed by atoms with van der Waals surface area (Å²) in [6.45, 7) is 6.04. The SMILES string of the molecule is CC(C)CC(=O)C(C)c1ccccn1. The number of carbonyl (C=O) groups is 1. The van der Waals surface area contributed by atoms with E-state index in [1.807, 2.05) is 25.1 Å². The highest BCUT2D eigenvalue weighted by molar-refractivity contribution is 5.84. The second-order valence-corrected chi connectivity index (χ2v) is 4.04. The van der Waals surface area contributed by atoms with E-state index in [1.165, 1.54) is 0 Å². The van der Waals surface area contributed by atoms with Crippen molar-refractivity contribution >= 4 is 5.78 Å². The molecule has 2 nitrogen and oxygen atoms in total. The Morgan fingerprint density at radius 1 is 1.36 bits per heavy atom. The van der Waals surface area contributed by atoms with E-state index in [4.69, 9.17) is 0 Å². The summed E-state index contributed by atoms with van der Waals surface area (Å²) < 4.78 is 0. The highest BCUT2D eigenvalue weighted by Gasteiger charge is 2.16. The van der Waals surface area contributed by atoms with Crippen LogP contribution in [0.4, 0.5) is 0 Å². The van der Waals surface area contributed by atoms with Crippen LogP contribution in [0.2, 0.25) is 0 Å². The molecule has 0 aliphatic rings. The van der Waals surface area contributed by atoms with Crippen molar-refractivity contribution in [1.82, 2.24) is 4.98 Å². The molecule has 2 heteroatoms. The molecule has 1 aromatic heterocycles. The van der Waals surface area contributed by atoms with Crippen molar-refractivity contribution in [3.8, 4) is 0 Å². The van der Waals surface area contributed by atoms with Gasteiger partial charge in [0.05, 0.1) is 11.6 Å². The van der Waals surface area contributed by atoms with Gasteiger partial charge < -0.3 is 0 Å². The highest BCUT2D eigenvalue weighted by Crippen LogP contribution is 2.17. The average molecular weight is 191 g/mol. The molecule has 0 aromatic carbocycles. The Hall–Kier alpha value is -1.18. The van der Waals surface area contributed by atoms with Crippen LogP contribution in [0.25, 0.3) is 0 Å². The molecular weight excluding hydrogens is 174 g/mol. The Morgan fingerprint density at radius 2 is 2.07 bits per heavy atom. The molecule has 0 saturated heterocycles. The van der Waals surface area contributed by atoms with Crippen LogP contribution < -0.4 is 0 Å². The zero-order chi connectivity index (χ0) is 10.6. The van der Waals surface area contributed by atoms with Gasteiger partial charge in [0, 0.05) is 12.6 Å². The lowest BCUT2D eigenvalue weighted by molar-refractivity contribution is -0.120. The van der Waals surface area contributed by atoms with Gasteiger partial charge in [0.2, 0.25) is 0 Å². The topological polar surface area (TPSA) is 30.0 Å². The van der Waals surface area contributed by atoms with Crippen molar-refractivity contribution in [3.05, 3.63) is 30.1 Å². The first-order valence-electron chi connectivity index (χ1n) is 5.05. The lowest BCUT2D eigenvalue weighted by atomic mass is 9.95. The molecule has 14 heavy (non-hydrogen) atoms. The molecule has 0 N–H and O–H groups in total. The number of carbonyl (C=O) groups excluding carboxylic acids is 1. The Balaban J connectivity index is 2.66. The summed E-state index contributed by atoms with van der Waals surface area (Å²) in [6.07, 6.45) is 2.37. The first-order valence-corrected chi connectivity index (χ1v) is 5.05.